The van der Waals surface area contributed by atoms with Crippen LogP contribution < -0.4 is 4.74 Å². The third-order valence-corrected chi connectivity index (χ3v) is 5.02. The molecule has 0 aromatic heterocycles. The topological polar surface area (TPSA) is 76.1 Å². The maximum atomic E-state index is 12.3. The van der Waals surface area contributed by atoms with Gasteiger partial charge in [0.1, 0.15) is 12.4 Å². The van der Waals surface area contributed by atoms with Crippen LogP contribution in [-0.2, 0) is 14.8 Å². The molecule has 1 aliphatic heterocycles. The lowest BCUT2D eigenvalue weighted by molar-refractivity contribution is 0.146. The van der Waals surface area contributed by atoms with Crippen molar-refractivity contribution in [3.8, 4) is 5.75 Å². The molecular weight excluding hydrogens is 282 g/mol. The zero-order valence-corrected chi connectivity index (χ0v) is 12.2. The third kappa shape index (κ3) is 3.49. The molecule has 1 N–H and O–H groups in total. The Balaban J connectivity index is 2.05. The Bertz CT molecular complexity index is 528. The van der Waals surface area contributed by atoms with Crippen LogP contribution in [0.15, 0.2) is 29.2 Å². The zero-order chi connectivity index (χ0) is 14.6. The average Bonchev–Trinajstić information content (AvgIpc) is 2.87. The Morgan fingerprint density at radius 1 is 1.30 bits per heavy atom. The van der Waals surface area contributed by atoms with Crippen LogP contribution in [0, 0.1) is 0 Å². The van der Waals surface area contributed by atoms with Crippen LogP contribution in [0.4, 0.5) is 0 Å². The number of aliphatic hydroxyl groups is 1. The zero-order valence-electron chi connectivity index (χ0n) is 11.4. The van der Waals surface area contributed by atoms with Crippen molar-refractivity contribution in [2.24, 2.45) is 0 Å². The van der Waals surface area contributed by atoms with Gasteiger partial charge in [0.2, 0.25) is 10.0 Å². The summed E-state index contributed by atoms with van der Waals surface area (Å²) in [6.07, 6.45) is -0.0846. The summed E-state index contributed by atoms with van der Waals surface area (Å²) in [4.78, 5) is 0.214. The second kappa shape index (κ2) is 6.53. The Morgan fingerprint density at radius 3 is 2.55 bits per heavy atom. The number of ether oxygens (including phenoxy) is 2. The number of β-amino-alcohol motifs (C(OH)–C–C–N with tert-alkyl or cyclic N) is 1. The molecule has 1 aromatic carbocycles. The number of benzene rings is 1. The highest BCUT2D eigenvalue weighted by atomic mass is 32.2. The van der Waals surface area contributed by atoms with E-state index in [4.69, 9.17) is 9.47 Å². The van der Waals surface area contributed by atoms with Gasteiger partial charge in [-0.05, 0) is 30.7 Å². The molecule has 0 bridgehead atoms. The summed E-state index contributed by atoms with van der Waals surface area (Å²) in [6, 6.07) is 6.27. The van der Waals surface area contributed by atoms with Crippen molar-refractivity contribution in [3.05, 3.63) is 24.3 Å². The van der Waals surface area contributed by atoms with Gasteiger partial charge in [-0.3, -0.25) is 0 Å². The predicted octanol–water partition coefficient (Wildman–Crippen LogP) is 0.467. The number of hydrogen-bond acceptors (Lipinski definition) is 5. The fourth-order valence-electron chi connectivity index (χ4n) is 2.03. The number of rotatable bonds is 6. The van der Waals surface area contributed by atoms with Crippen molar-refractivity contribution in [1.82, 2.24) is 4.31 Å². The predicted molar refractivity (Wildman–Crippen MR) is 73.2 cm³/mol. The third-order valence-electron chi connectivity index (χ3n) is 3.14. The molecule has 1 saturated heterocycles. The number of nitrogens with zero attached hydrogens (tertiary/aromatic N) is 1. The number of methoxy groups -OCH3 is 1. The van der Waals surface area contributed by atoms with E-state index < -0.39 is 16.1 Å². The minimum atomic E-state index is -3.52. The van der Waals surface area contributed by atoms with Gasteiger partial charge in [0.15, 0.2) is 0 Å². The first-order chi connectivity index (χ1) is 9.54. The quantitative estimate of drug-likeness (QED) is 0.773. The molecule has 20 heavy (non-hydrogen) atoms. The van der Waals surface area contributed by atoms with E-state index in [2.05, 4.69) is 0 Å². The van der Waals surface area contributed by atoms with Gasteiger partial charge >= 0.3 is 0 Å². The first kappa shape index (κ1) is 15.2. The van der Waals surface area contributed by atoms with E-state index in [1.54, 1.807) is 19.2 Å². The van der Waals surface area contributed by atoms with E-state index in [9.17, 15) is 13.5 Å². The van der Waals surface area contributed by atoms with Crippen LogP contribution in [0.25, 0.3) is 0 Å². The number of hydrogen-bond donors (Lipinski definition) is 1. The van der Waals surface area contributed by atoms with Crippen molar-refractivity contribution < 1.29 is 23.0 Å². The van der Waals surface area contributed by atoms with Gasteiger partial charge in [0.25, 0.3) is 0 Å². The average molecular weight is 301 g/mol. The molecule has 0 unspecified atom stereocenters. The van der Waals surface area contributed by atoms with E-state index >= 15 is 0 Å². The molecule has 1 fully saturated rings. The van der Waals surface area contributed by atoms with Gasteiger partial charge in [-0.2, -0.15) is 4.31 Å². The van der Waals surface area contributed by atoms with Crippen molar-refractivity contribution in [3.63, 3.8) is 0 Å². The fraction of sp³-hybridized carbons (Fsp3) is 0.538. The summed E-state index contributed by atoms with van der Waals surface area (Å²) in [5, 5.41) is 9.44. The smallest absolute Gasteiger partial charge is 0.243 e. The standard InChI is InChI=1S/C13H19NO5S/c1-18-8-9-19-12-2-4-13(5-3-12)20(16,17)14-7-6-11(15)10-14/h2-5,11,15H,6-10H2,1H3/t11-/m1/s1. The second-order valence-corrected chi connectivity index (χ2v) is 6.56. The van der Waals surface area contributed by atoms with Gasteiger partial charge in [0.05, 0.1) is 17.6 Å². The number of sulfonamides is 1. The molecule has 0 spiro atoms. The number of aliphatic hydroxyl groups excluding tert-OH is 1. The van der Waals surface area contributed by atoms with E-state index in [1.165, 1.54) is 16.4 Å². The van der Waals surface area contributed by atoms with Gasteiger partial charge in [-0.25, -0.2) is 8.42 Å². The van der Waals surface area contributed by atoms with E-state index in [1.807, 2.05) is 0 Å². The maximum Gasteiger partial charge on any atom is 0.243 e. The highest BCUT2D eigenvalue weighted by Crippen LogP contribution is 2.23. The summed E-state index contributed by atoms with van der Waals surface area (Å²) in [6.45, 7) is 1.41. The Hall–Kier alpha value is -1.15. The molecule has 6 nitrogen and oxygen atoms in total. The highest BCUT2D eigenvalue weighted by Gasteiger charge is 2.31. The normalized spacial score (nSPS) is 20.2. The lowest BCUT2D eigenvalue weighted by atomic mass is 10.3. The summed E-state index contributed by atoms with van der Waals surface area (Å²) in [7, 11) is -1.93. The minimum absolute atomic E-state index is 0.161. The molecule has 0 aliphatic carbocycles. The highest BCUT2D eigenvalue weighted by molar-refractivity contribution is 7.89. The molecule has 0 saturated carbocycles. The molecule has 0 radical (unpaired) electrons. The van der Waals surface area contributed by atoms with Crippen molar-refractivity contribution in [2.75, 3.05) is 33.4 Å². The largest absolute Gasteiger partial charge is 0.491 e. The molecule has 0 amide bonds. The van der Waals surface area contributed by atoms with E-state index in [0.29, 0.717) is 31.9 Å². The molecule has 1 aromatic rings. The molecule has 2 rings (SSSR count). The molecule has 1 atom stereocenters. The van der Waals surface area contributed by atoms with Crippen LogP contribution in [0.5, 0.6) is 5.75 Å². The first-order valence-electron chi connectivity index (χ1n) is 6.44. The van der Waals surface area contributed by atoms with Crippen molar-refractivity contribution in [2.45, 2.75) is 17.4 Å². The SMILES string of the molecule is COCCOc1ccc(S(=O)(=O)N2CC[C@@H](O)C2)cc1. The lowest BCUT2D eigenvalue weighted by Crippen LogP contribution is -2.29. The minimum Gasteiger partial charge on any atom is -0.491 e. The molecule has 7 heteroatoms. The van der Waals surface area contributed by atoms with Crippen LogP contribution in [-0.4, -0.2) is 57.3 Å². The van der Waals surface area contributed by atoms with Gasteiger partial charge < -0.3 is 14.6 Å². The van der Waals surface area contributed by atoms with Gasteiger partial charge in [-0.15, -0.1) is 0 Å². The van der Waals surface area contributed by atoms with Gasteiger partial charge in [0, 0.05) is 20.2 Å². The molecule has 1 heterocycles. The van der Waals surface area contributed by atoms with Crippen LogP contribution in [0.2, 0.25) is 0 Å². The first-order valence-corrected chi connectivity index (χ1v) is 7.88. The van der Waals surface area contributed by atoms with Crippen LogP contribution >= 0.6 is 0 Å². The lowest BCUT2D eigenvalue weighted by Gasteiger charge is -2.16. The Morgan fingerprint density at radius 2 is 2.00 bits per heavy atom. The summed E-state index contributed by atoms with van der Waals surface area (Å²) in [5.74, 6) is 0.599. The molecule has 1 aliphatic rings. The van der Waals surface area contributed by atoms with Crippen molar-refractivity contribution >= 4 is 10.0 Å². The Labute approximate surface area is 119 Å². The fourth-order valence-corrected chi connectivity index (χ4v) is 3.52. The summed E-state index contributed by atoms with van der Waals surface area (Å²) in [5.41, 5.74) is 0. The van der Waals surface area contributed by atoms with Gasteiger partial charge in [-0.1, -0.05) is 0 Å². The van der Waals surface area contributed by atoms with Crippen LogP contribution in [0.3, 0.4) is 0 Å². The van der Waals surface area contributed by atoms with Crippen LogP contribution in [0.1, 0.15) is 6.42 Å². The molecular formula is C13H19NO5S. The Kier molecular flexibility index (Phi) is 4.98. The van der Waals surface area contributed by atoms with E-state index in [-0.39, 0.29) is 11.4 Å². The maximum absolute atomic E-state index is 12.3. The summed E-state index contributed by atoms with van der Waals surface area (Å²) < 4.78 is 36.2. The second-order valence-electron chi connectivity index (χ2n) is 4.62. The van der Waals surface area contributed by atoms with Crippen molar-refractivity contribution in [1.29, 1.82) is 0 Å². The van der Waals surface area contributed by atoms with E-state index in [0.717, 1.165) is 0 Å². The summed E-state index contributed by atoms with van der Waals surface area (Å²) >= 11 is 0. The monoisotopic (exact) mass is 301 g/mol. The molecule has 112 valence electrons.